The van der Waals surface area contributed by atoms with Crippen LogP contribution in [-0.2, 0) is 11.3 Å². The molecule has 1 aliphatic heterocycles. The summed E-state index contributed by atoms with van der Waals surface area (Å²) in [7, 11) is 0. The number of hydrogen-bond acceptors (Lipinski definition) is 6. The third-order valence-electron chi connectivity index (χ3n) is 7.20. The van der Waals surface area contributed by atoms with Crippen LogP contribution in [-0.4, -0.2) is 61.4 Å². The van der Waals surface area contributed by atoms with E-state index in [0.29, 0.717) is 43.9 Å². The van der Waals surface area contributed by atoms with E-state index in [9.17, 15) is 10.1 Å². The fourth-order valence-electron chi connectivity index (χ4n) is 5.09. The van der Waals surface area contributed by atoms with Gasteiger partial charge in [-0.25, -0.2) is 9.50 Å². The summed E-state index contributed by atoms with van der Waals surface area (Å²) in [5, 5.41) is 18.8. The van der Waals surface area contributed by atoms with Gasteiger partial charge in [0, 0.05) is 72.6 Å². The molecular formula is C31H28N8O. The Morgan fingerprint density at radius 2 is 1.75 bits per heavy atom. The van der Waals surface area contributed by atoms with E-state index >= 15 is 0 Å². The molecule has 0 unspecified atom stereocenters. The second-order valence-electron chi connectivity index (χ2n) is 9.98. The van der Waals surface area contributed by atoms with Gasteiger partial charge in [0.25, 0.3) is 0 Å². The van der Waals surface area contributed by atoms with Crippen molar-refractivity contribution in [2.24, 2.45) is 0 Å². The van der Waals surface area contributed by atoms with Crippen LogP contribution in [0.25, 0.3) is 27.8 Å². The van der Waals surface area contributed by atoms with Crippen molar-refractivity contribution in [3.05, 3.63) is 103 Å². The number of nitrogens with zero attached hydrogens (tertiary/aromatic N) is 8. The monoisotopic (exact) mass is 528 g/mol. The van der Waals surface area contributed by atoms with Gasteiger partial charge in [-0.2, -0.15) is 15.5 Å². The average Bonchev–Trinajstić information content (AvgIpc) is 3.64. The van der Waals surface area contributed by atoms with Crippen molar-refractivity contribution in [2.75, 3.05) is 31.1 Å². The number of amides is 1. The topological polar surface area (TPSA) is 95.4 Å². The number of carbonyl (C=O) groups is 1. The molecule has 0 spiro atoms. The summed E-state index contributed by atoms with van der Waals surface area (Å²) >= 11 is 0. The van der Waals surface area contributed by atoms with Crippen molar-refractivity contribution in [3.63, 3.8) is 0 Å². The lowest BCUT2D eigenvalue weighted by Crippen LogP contribution is -2.49. The summed E-state index contributed by atoms with van der Waals surface area (Å²) in [5.74, 6) is 0.862. The summed E-state index contributed by atoms with van der Waals surface area (Å²) in [6, 6.07) is 18.6. The number of piperazine rings is 1. The summed E-state index contributed by atoms with van der Waals surface area (Å²) in [4.78, 5) is 21.0. The minimum atomic E-state index is 0.00608. The van der Waals surface area contributed by atoms with Gasteiger partial charge in [-0.1, -0.05) is 36.9 Å². The highest BCUT2D eigenvalue weighted by Crippen LogP contribution is 2.32. The van der Waals surface area contributed by atoms with Crippen LogP contribution in [0.15, 0.2) is 91.7 Å². The van der Waals surface area contributed by atoms with Gasteiger partial charge in [0.15, 0.2) is 0 Å². The maximum absolute atomic E-state index is 12.3. The molecule has 1 aliphatic rings. The van der Waals surface area contributed by atoms with Crippen molar-refractivity contribution < 1.29 is 4.79 Å². The van der Waals surface area contributed by atoms with E-state index in [1.165, 1.54) is 5.56 Å². The van der Waals surface area contributed by atoms with E-state index in [2.05, 4.69) is 45.9 Å². The number of hydrogen-bond donors (Lipinski definition) is 0. The van der Waals surface area contributed by atoms with Crippen LogP contribution in [0.1, 0.15) is 18.1 Å². The van der Waals surface area contributed by atoms with E-state index < -0.39 is 0 Å². The Bertz CT molecular complexity index is 1740. The molecule has 0 aliphatic carbocycles. The maximum Gasteiger partial charge on any atom is 0.249 e. The molecule has 9 heteroatoms. The van der Waals surface area contributed by atoms with E-state index in [1.807, 2.05) is 64.7 Å². The van der Waals surface area contributed by atoms with Crippen LogP contribution < -0.4 is 4.90 Å². The van der Waals surface area contributed by atoms with Gasteiger partial charge >= 0.3 is 0 Å². The summed E-state index contributed by atoms with van der Waals surface area (Å²) in [6.45, 7) is 8.88. The van der Waals surface area contributed by atoms with E-state index in [4.69, 9.17) is 4.98 Å². The zero-order valence-electron chi connectivity index (χ0n) is 22.2. The van der Waals surface area contributed by atoms with Crippen LogP contribution in [0, 0.1) is 11.3 Å². The van der Waals surface area contributed by atoms with Gasteiger partial charge < -0.3 is 9.80 Å². The largest absolute Gasteiger partial charge is 0.353 e. The molecule has 1 amide bonds. The first kappa shape index (κ1) is 25.1. The van der Waals surface area contributed by atoms with Gasteiger partial charge in [0.05, 0.1) is 30.0 Å². The van der Waals surface area contributed by atoms with Gasteiger partial charge in [-0.05, 0) is 30.7 Å². The van der Waals surface area contributed by atoms with E-state index in [-0.39, 0.29) is 5.91 Å². The Labute approximate surface area is 232 Å². The lowest BCUT2D eigenvalue weighted by Gasteiger charge is -2.35. The lowest BCUT2D eigenvalue weighted by atomic mass is 10.0. The molecule has 5 heterocycles. The summed E-state index contributed by atoms with van der Waals surface area (Å²) in [5.41, 5.74) is 6.64. The second kappa shape index (κ2) is 10.5. The molecule has 6 rings (SSSR count). The molecule has 1 saturated heterocycles. The highest BCUT2D eigenvalue weighted by Gasteiger charge is 2.22. The fraction of sp³-hybridized carbons (Fsp3) is 0.194. The molecule has 0 bridgehead atoms. The number of rotatable bonds is 6. The minimum Gasteiger partial charge on any atom is -0.353 e. The number of fused-ring (bicyclic) bond motifs is 1. The zero-order chi connectivity index (χ0) is 27.6. The number of aromatic nitrogens is 5. The van der Waals surface area contributed by atoms with Gasteiger partial charge in [-0.15, -0.1) is 0 Å². The number of benzene rings is 1. The van der Waals surface area contributed by atoms with Crippen LogP contribution in [0.2, 0.25) is 0 Å². The molecule has 5 aromatic rings. The minimum absolute atomic E-state index is 0.00608. The van der Waals surface area contributed by atoms with E-state index in [0.717, 1.165) is 33.6 Å². The number of anilines is 1. The van der Waals surface area contributed by atoms with Crippen LogP contribution in [0.3, 0.4) is 0 Å². The molecule has 1 aromatic carbocycles. The van der Waals surface area contributed by atoms with Gasteiger partial charge in [-0.3, -0.25) is 9.48 Å². The first-order valence-corrected chi connectivity index (χ1v) is 13.1. The van der Waals surface area contributed by atoms with Crippen LogP contribution >= 0.6 is 0 Å². The van der Waals surface area contributed by atoms with E-state index in [1.54, 1.807) is 17.6 Å². The standard InChI is InChI=1S/C31H28N8O/c1-22(2)31(40)37-12-10-36(11-13-37)29-9-8-24(16-33-29)28-14-25(21-39-30(28)26(15-32)17-35-39)27-18-34-38(20-27)19-23-6-4-3-5-7-23/h3-9,14,16-18,20-21H,1,10-13,19H2,2H3. The molecule has 40 heavy (non-hydrogen) atoms. The summed E-state index contributed by atoms with van der Waals surface area (Å²) < 4.78 is 3.67. The third kappa shape index (κ3) is 4.83. The number of carbonyl (C=O) groups excluding carboxylic acids is 1. The van der Waals surface area contributed by atoms with Gasteiger partial charge in [0.1, 0.15) is 11.9 Å². The average molecular weight is 529 g/mol. The second-order valence-corrected chi connectivity index (χ2v) is 9.98. The highest BCUT2D eigenvalue weighted by atomic mass is 16.2. The smallest absolute Gasteiger partial charge is 0.249 e. The third-order valence-corrected chi connectivity index (χ3v) is 7.20. The predicted molar refractivity (Wildman–Crippen MR) is 154 cm³/mol. The Morgan fingerprint density at radius 3 is 2.45 bits per heavy atom. The molecule has 4 aromatic heterocycles. The SMILES string of the molecule is C=C(C)C(=O)N1CCN(c2ccc(-c3cc(-c4cnn(Cc5ccccc5)c4)cn4ncc(C#N)c34)cn2)CC1. The first-order valence-electron chi connectivity index (χ1n) is 13.1. The van der Waals surface area contributed by atoms with Crippen molar-refractivity contribution in [2.45, 2.75) is 13.5 Å². The zero-order valence-corrected chi connectivity index (χ0v) is 22.2. The lowest BCUT2D eigenvalue weighted by molar-refractivity contribution is -0.127. The molecule has 0 saturated carbocycles. The fourth-order valence-corrected chi connectivity index (χ4v) is 5.09. The van der Waals surface area contributed by atoms with Crippen LogP contribution in [0.4, 0.5) is 5.82 Å². The van der Waals surface area contributed by atoms with Crippen molar-refractivity contribution in [1.82, 2.24) is 29.3 Å². The highest BCUT2D eigenvalue weighted by molar-refractivity contribution is 5.92. The van der Waals surface area contributed by atoms with Crippen molar-refractivity contribution >= 4 is 17.2 Å². The number of nitriles is 1. The van der Waals surface area contributed by atoms with Gasteiger partial charge in [0.2, 0.25) is 5.91 Å². The number of pyridine rings is 2. The molecular weight excluding hydrogens is 500 g/mol. The Balaban J connectivity index is 1.29. The summed E-state index contributed by atoms with van der Waals surface area (Å²) in [6.07, 6.45) is 9.23. The molecule has 0 N–H and O–H groups in total. The molecule has 198 valence electrons. The Kier molecular flexibility index (Phi) is 6.58. The van der Waals surface area contributed by atoms with Crippen molar-refractivity contribution in [3.8, 4) is 28.3 Å². The molecule has 0 radical (unpaired) electrons. The maximum atomic E-state index is 12.3. The molecule has 1 fully saturated rings. The normalized spacial score (nSPS) is 13.4. The Hall–Kier alpha value is -5.23. The molecule has 0 atom stereocenters. The van der Waals surface area contributed by atoms with Crippen molar-refractivity contribution in [1.29, 1.82) is 5.26 Å². The molecule has 9 nitrogen and oxygen atoms in total. The first-order chi connectivity index (χ1) is 19.5. The quantitative estimate of drug-likeness (QED) is 0.303. The van der Waals surface area contributed by atoms with Crippen LogP contribution in [0.5, 0.6) is 0 Å². The Morgan fingerprint density at radius 1 is 0.950 bits per heavy atom. The predicted octanol–water partition coefficient (Wildman–Crippen LogP) is 4.40.